The lowest BCUT2D eigenvalue weighted by Crippen LogP contribution is -2.13. The highest BCUT2D eigenvalue weighted by Gasteiger charge is 2.15. The Balaban J connectivity index is 1.51. The minimum atomic E-state index is -0.0546. The van der Waals surface area contributed by atoms with E-state index in [4.69, 9.17) is 4.74 Å². The van der Waals surface area contributed by atoms with Crippen molar-refractivity contribution in [3.63, 3.8) is 0 Å². The van der Waals surface area contributed by atoms with Crippen LogP contribution in [0.5, 0.6) is 5.75 Å². The molecule has 0 aliphatic carbocycles. The fourth-order valence-corrected chi connectivity index (χ4v) is 4.69. The van der Waals surface area contributed by atoms with E-state index in [2.05, 4.69) is 58.9 Å². The number of fused-ring (bicyclic) bond motifs is 3. The smallest absolute Gasteiger partial charge is 0.225 e. The average Bonchev–Trinajstić information content (AvgIpc) is 3.12. The number of hydrogen-bond donors (Lipinski definition) is 1. The van der Waals surface area contributed by atoms with Crippen LogP contribution in [0.4, 0.5) is 5.69 Å². The summed E-state index contributed by atoms with van der Waals surface area (Å²) in [6.45, 7) is 8.81. The van der Waals surface area contributed by atoms with E-state index in [1.807, 2.05) is 31.2 Å². The van der Waals surface area contributed by atoms with Gasteiger partial charge in [-0.05, 0) is 63.1 Å². The Morgan fingerprint density at radius 2 is 1.90 bits per heavy atom. The molecule has 7 heteroatoms. The summed E-state index contributed by atoms with van der Waals surface area (Å²) >= 11 is 1.54. The minimum absolute atomic E-state index is 0.0546. The van der Waals surface area contributed by atoms with Gasteiger partial charge in [0.2, 0.25) is 5.91 Å². The van der Waals surface area contributed by atoms with E-state index >= 15 is 0 Å². The molecule has 0 aliphatic heterocycles. The van der Waals surface area contributed by atoms with Crippen LogP contribution in [-0.4, -0.2) is 32.9 Å². The number of hydrogen-bond acceptors (Lipinski definition) is 5. The molecule has 0 bridgehead atoms. The predicted molar refractivity (Wildman–Crippen MR) is 126 cm³/mol. The lowest BCUT2D eigenvalue weighted by molar-refractivity contribution is -0.115. The molecule has 4 aromatic rings. The first kappa shape index (κ1) is 21.2. The van der Waals surface area contributed by atoms with Crippen LogP contribution in [0, 0.1) is 20.8 Å². The van der Waals surface area contributed by atoms with E-state index in [1.54, 1.807) is 11.8 Å². The van der Waals surface area contributed by atoms with E-state index in [0.29, 0.717) is 30.2 Å². The Kier molecular flexibility index (Phi) is 6.13. The SMILES string of the molecule is CCOc1ccccc1NC(=O)CCSc1nnc2cc(C)c3cc(C)cc(C)c3n12. The number of carbonyl (C=O) groups is 1. The number of aromatic nitrogens is 3. The molecule has 0 saturated heterocycles. The van der Waals surface area contributed by atoms with E-state index in [9.17, 15) is 4.79 Å². The Labute approximate surface area is 186 Å². The highest BCUT2D eigenvalue weighted by atomic mass is 32.2. The van der Waals surface area contributed by atoms with Gasteiger partial charge >= 0.3 is 0 Å². The monoisotopic (exact) mass is 434 g/mol. The summed E-state index contributed by atoms with van der Waals surface area (Å²) in [7, 11) is 0. The zero-order valence-corrected chi connectivity index (χ0v) is 19.0. The molecule has 0 atom stereocenters. The highest BCUT2D eigenvalue weighted by molar-refractivity contribution is 7.99. The number of rotatable bonds is 7. The molecule has 0 aliphatic rings. The lowest BCUT2D eigenvalue weighted by atomic mass is 10.0. The van der Waals surface area contributed by atoms with E-state index in [1.165, 1.54) is 22.1 Å². The van der Waals surface area contributed by atoms with Crippen LogP contribution >= 0.6 is 11.8 Å². The van der Waals surface area contributed by atoms with Crippen LogP contribution in [-0.2, 0) is 4.79 Å². The average molecular weight is 435 g/mol. The van der Waals surface area contributed by atoms with E-state index in [-0.39, 0.29) is 5.91 Å². The van der Waals surface area contributed by atoms with Gasteiger partial charge in [-0.3, -0.25) is 9.20 Å². The van der Waals surface area contributed by atoms with Crippen molar-refractivity contribution in [3.8, 4) is 5.75 Å². The second-order valence-corrected chi connectivity index (χ2v) is 8.62. The van der Waals surface area contributed by atoms with Gasteiger partial charge in [-0.1, -0.05) is 35.5 Å². The number of para-hydroxylation sites is 2. The molecular weight excluding hydrogens is 408 g/mol. The molecule has 2 aromatic heterocycles. The van der Waals surface area contributed by atoms with Crippen LogP contribution in [0.1, 0.15) is 30.0 Å². The topological polar surface area (TPSA) is 68.5 Å². The summed E-state index contributed by atoms with van der Waals surface area (Å²) in [6, 6.07) is 13.9. The van der Waals surface area contributed by atoms with Crippen molar-refractivity contribution < 1.29 is 9.53 Å². The summed E-state index contributed by atoms with van der Waals surface area (Å²) in [5, 5.41) is 13.7. The van der Waals surface area contributed by atoms with Gasteiger partial charge in [0, 0.05) is 17.6 Å². The molecule has 2 heterocycles. The summed E-state index contributed by atoms with van der Waals surface area (Å²) in [5.74, 6) is 1.23. The van der Waals surface area contributed by atoms with Gasteiger partial charge < -0.3 is 10.1 Å². The van der Waals surface area contributed by atoms with Crippen molar-refractivity contribution in [2.24, 2.45) is 0 Å². The van der Waals surface area contributed by atoms with E-state index in [0.717, 1.165) is 16.3 Å². The zero-order valence-electron chi connectivity index (χ0n) is 18.2. The quantitative estimate of drug-likeness (QED) is 0.398. The summed E-state index contributed by atoms with van der Waals surface area (Å²) in [5.41, 5.74) is 6.26. The van der Waals surface area contributed by atoms with Gasteiger partial charge in [0.05, 0.1) is 17.8 Å². The van der Waals surface area contributed by atoms with Crippen LogP contribution in [0.2, 0.25) is 0 Å². The fraction of sp³-hybridized carbons (Fsp3) is 0.292. The molecular formula is C24H26N4O2S. The molecule has 160 valence electrons. The van der Waals surface area contributed by atoms with Crippen LogP contribution in [0.3, 0.4) is 0 Å². The third kappa shape index (κ3) is 4.37. The Morgan fingerprint density at radius 3 is 2.71 bits per heavy atom. The van der Waals surface area contributed by atoms with Crippen molar-refractivity contribution in [3.05, 3.63) is 59.2 Å². The lowest BCUT2D eigenvalue weighted by Gasteiger charge is -2.12. The minimum Gasteiger partial charge on any atom is -0.492 e. The molecule has 1 N–H and O–H groups in total. The molecule has 0 radical (unpaired) electrons. The van der Waals surface area contributed by atoms with Crippen molar-refractivity contribution in [2.75, 3.05) is 17.7 Å². The molecule has 0 saturated carbocycles. The second-order valence-electron chi connectivity index (χ2n) is 7.56. The van der Waals surface area contributed by atoms with Gasteiger partial charge in [0.1, 0.15) is 5.75 Å². The number of carbonyl (C=O) groups excluding carboxylic acids is 1. The van der Waals surface area contributed by atoms with Gasteiger partial charge in [0.15, 0.2) is 10.8 Å². The summed E-state index contributed by atoms with van der Waals surface area (Å²) < 4.78 is 7.68. The molecule has 6 nitrogen and oxygen atoms in total. The van der Waals surface area contributed by atoms with Crippen molar-refractivity contribution >= 4 is 39.9 Å². The Hall–Kier alpha value is -3.06. The Bertz CT molecular complexity index is 1270. The first-order chi connectivity index (χ1) is 15.0. The maximum atomic E-state index is 12.5. The van der Waals surface area contributed by atoms with Gasteiger partial charge in [0.25, 0.3) is 0 Å². The molecule has 0 spiro atoms. The van der Waals surface area contributed by atoms with Crippen LogP contribution in [0.15, 0.2) is 47.6 Å². The highest BCUT2D eigenvalue weighted by Crippen LogP contribution is 2.29. The van der Waals surface area contributed by atoms with E-state index < -0.39 is 0 Å². The first-order valence-corrected chi connectivity index (χ1v) is 11.4. The van der Waals surface area contributed by atoms with Crippen molar-refractivity contribution in [2.45, 2.75) is 39.3 Å². The molecule has 4 rings (SSSR count). The predicted octanol–water partition coefficient (Wildman–Crippen LogP) is 5.33. The van der Waals surface area contributed by atoms with Crippen molar-refractivity contribution in [1.29, 1.82) is 0 Å². The molecule has 0 unspecified atom stereocenters. The number of pyridine rings is 1. The molecule has 1 amide bonds. The third-order valence-electron chi connectivity index (χ3n) is 5.12. The number of thioether (sulfide) groups is 1. The number of amides is 1. The van der Waals surface area contributed by atoms with Crippen LogP contribution < -0.4 is 10.1 Å². The largest absolute Gasteiger partial charge is 0.492 e. The summed E-state index contributed by atoms with van der Waals surface area (Å²) in [4.78, 5) is 12.5. The first-order valence-electron chi connectivity index (χ1n) is 10.4. The van der Waals surface area contributed by atoms with Crippen LogP contribution in [0.25, 0.3) is 16.6 Å². The fourth-order valence-electron chi connectivity index (χ4n) is 3.81. The number of anilines is 1. The molecule has 2 aromatic carbocycles. The number of ether oxygens (including phenoxy) is 1. The second kappa shape index (κ2) is 8.98. The number of benzene rings is 2. The maximum absolute atomic E-state index is 12.5. The normalized spacial score (nSPS) is 11.2. The number of aryl methyl sites for hydroxylation is 3. The number of nitrogens with zero attached hydrogens (tertiary/aromatic N) is 3. The van der Waals surface area contributed by atoms with Gasteiger partial charge in [-0.2, -0.15) is 0 Å². The molecule has 0 fully saturated rings. The van der Waals surface area contributed by atoms with Gasteiger partial charge in [-0.15, -0.1) is 10.2 Å². The number of nitrogens with one attached hydrogen (secondary N) is 1. The maximum Gasteiger partial charge on any atom is 0.225 e. The summed E-state index contributed by atoms with van der Waals surface area (Å²) in [6.07, 6.45) is 0.363. The standard InChI is InChI=1S/C24H26N4O2S/c1-5-30-20-9-7-6-8-19(20)25-22(29)10-11-31-24-27-26-21-14-16(3)18-13-15(2)12-17(4)23(18)28(21)24/h6-9,12-14H,5,10-11H2,1-4H3,(H,25,29). The molecule has 31 heavy (non-hydrogen) atoms. The third-order valence-corrected chi connectivity index (χ3v) is 6.05. The Morgan fingerprint density at radius 1 is 1.10 bits per heavy atom. The van der Waals surface area contributed by atoms with Gasteiger partial charge in [-0.25, -0.2) is 0 Å². The van der Waals surface area contributed by atoms with Crippen molar-refractivity contribution in [1.82, 2.24) is 14.6 Å². The zero-order chi connectivity index (χ0) is 22.0.